The highest BCUT2D eigenvalue weighted by Crippen LogP contribution is 2.26. The Morgan fingerprint density at radius 1 is 0.917 bits per heavy atom. The number of hydrogen-bond acceptors (Lipinski definition) is 4. The van der Waals surface area contributed by atoms with E-state index in [-0.39, 0.29) is 18.8 Å². The lowest BCUT2D eigenvalue weighted by Crippen LogP contribution is -2.13. The number of hydrogen-bond donors (Lipinski definition) is 0. The van der Waals surface area contributed by atoms with Crippen LogP contribution in [0.3, 0.4) is 0 Å². The number of benzene rings is 3. The molecule has 0 saturated carbocycles. The standard InChI is InChI=1S/C20H16O4/c21-14-18-17-9-5-4-6-15(17)10-11-19(18)24-20(22)12-13-23-16-7-2-1-3-8-16/h1-11,14H,12-13H2. The number of carbonyl (C=O) groups is 2. The van der Waals surface area contributed by atoms with Crippen LogP contribution in [0.25, 0.3) is 10.8 Å². The molecule has 24 heavy (non-hydrogen) atoms. The summed E-state index contributed by atoms with van der Waals surface area (Å²) < 4.78 is 10.8. The van der Waals surface area contributed by atoms with Crippen molar-refractivity contribution in [2.75, 3.05) is 6.61 Å². The monoisotopic (exact) mass is 320 g/mol. The molecule has 0 N–H and O–H groups in total. The molecule has 0 aromatic heterocycles. The Bertz CT molecular complexity index is 856. The molecule has 0 spiro atoms. The number of esters is 1. The lowest BCUT2D eigenvalue weighted by molar-refractivity contribution is -0.134. The lowest BCUT2D eigenvalue weighted by Gasteiger charge is -2.10. The summed E-state index contributed by atoms with van der Waals surface area (Å²) in [5, 5.41) is 1.69. The summed E-state index contributed by atoms with van der Waals surface area (Å²) in [7, 11) is 0. The van der Waals surface area contributed by atoms with Crippen LogP contribution in [0, 0.1) is 0 Å². The maximum atomic E-state index is 12.0. The Labute approximate surface area is 139 Å². The molecule has 0 aliphatic heterocycles. The molecule has 3 aromatic carbocycles. The highest BCUT2D eigenvalue weighted by Gasteiger charge is 2.12. The molecule has 0 heterocycles. The first-order valence-corrected chi connectivity index (χ1v) is 7.63. The molecule has 0 saturated heterocycles. The molecule has 0 bridgehead atoms. The first-order chi connectivity index (χ1) is 11.8. The van der Waals surface area contributed by atoms with Gasteiger partial charge in [0, 0.05) is 0 Å². The number of aldehydes is 1. The van der Waals surface area contributed by atoms with Gasteiger partial charge in [0.15, 0.2) is 6.29 Å². The summed E-state index contributed by atoms with van der Waals surface area (Å²) in [5.41, 5.74) is 0.380. The molecule has 4 nitrogen and oxygen atoms in total. The quantitative estimate of drug-likeness (QED) is 0.391. The minimum Gasteiger partial charge on any atom is -0.493 e. The highest BCUT2D eigenvalue weighted by atomic mass is 16.5. The Hall–Kier alpha value is -3.14. The number of ether oxygens (including phenoxy) is 2. The van der Waals surface area contributed by atoms with Crippen molar-refractivity contribution in [1.29, 1.82) is 0 Å². The number of rotatable bonds is 6. The van der Waals surface area contributed by atoms with E-state index in [1.54, 1.807) is 6.07 Å². The predicted molar refractivity (Wildman–Crippen MR) is 91.5 cm³/mol. The molecule has 0 atom stereocenters. The molecule has 4 heteroatoms. The van der Waals surface area contributed by atoms with Gasteiger partial charge in [-0.25, -0.2) is 0 Å². The van der Waals surface area contributed by atoms with Crippen molar-refractivity contribution in [2.24, 2.45) is 0 Å². The maximum Gasteiger partial charge on any atom is 0.314 e. The van der Waals surface area contributed by atoms with E-state index in [1.165, 1.54) is 0 Å². The van der Waals surface area contributed by atoms with Crippen LogP contribution in [0.15, 0.2) is 66.7 Å². The van der Waals surface area contributed by atoms with E-state index >= 15 is 0 Å². The van der Waals surface area contributed by atoms with Gasteiger partial charge >= 0.3 is 5.97 Å². The third-order valence-electron chi connectivity index (χ3n) is 3.59. The van der Waals surface area contributed by atoms with E-state index < -0.39 is 5.97 Å². The zero-order valence-corrected chi connectivity index (χ0v) is 13.0. The van der Waals surface area contributed by atoms with Crippen LogP contribution < -0.4 is 9.47 Å². The van der Waals surface area contributed by atoms with Crippen molar-refractivity contribution in [1.82, 2.24) is 0 Å². The molecular formula is C20H16O4. The zero-order valence-electron chi connectivity index (χ0n) is 13.0. The first kappa shape index (κ1) is 15.7. The fraction of sp³-hybridized carbons (Fsp3) is 0.100. The topological polar surface area (TPSA) is 52.6 Å². The molecule has 0 amide bonds. The molecule has 3 aromatic rings. The summed E-state index contributed by atoms with van der Waals surface area (Å²) in [6, 6.07) is 20.2. The average Bonchev–Trinajstić information content (AvgIpc) is 2.62. The SMILES string of the molecule is O=Cc1c(OC(=O)CCOc2ccccc2)ccc2ccccc12. The van der Waals surface area contributed by atoms with Crippen LogP contribution >= 0.6 is 0 Å². The number of para-hydroxylation sites is 1. The smallest absolute Gasteiger partial charge is 0.314 e. The minimum atomic E-state index is -0.440. The maximum absolute atomic E-state index is 12.0. The van der Waals surface area contributed by atoms with Crippen molar-refractivity contribution < 1.29 is 19.1 Å². The first-order valence-electron chi connectivity index (χ1n) is 7.63. The van der Waals surface area contributed by atoms with Gasteiger partial charge in [-0.15, -0.1) is 0 Å². The van der Waals surface area contributed by atoms with Crippen LogP contribution in [0.2, 0.25) is 0 Å². The van der Waals surface area contributed by atoms with Gasteiger partial charge in [0.25, 0.3) is 0 Å². The fourth-order valence-electron chi connectivity index (χ4n) is 2.43. The van der Waals surface area contributed by atoms with E-state index in [1.807, 2.05) is 60.7 Å². The van der Waals surface area contributed by atoms with Gasteiger partial charge in [-0.2, -0.15) is 0 Å². The van der Waals surface area contributed by atoms with Gasteiger partial charge in [-0.3, -0.25) is 9.59 Å². The molecule has 120 valence electrons. The van der Waals surface area contributed by atoms with Crippen molar-refractivity contribution in [3.05, 3.63) is 72.3 Å². The van der Waals surface area contributed by atoms with E-state index in [0.29, 0.717) is 17.6 Å². The summed E-state index contributed by atoms with van der Waals surface area (Å²) in [6.45, 7) is 0.215. The zero-order chi connectivity index (χ0) is 16.8. The number of fused-ring (bicyclic) bond motifs is 1. The van der Waals surface area contributed by atoms with Crippen molar-refractivity contribution >= 4 is 23.0 Å². The van der Waals surface area contributed by atoms with Crippen molar-refractivity contribution in [2.45, 2.75) is 6.42 Å². The van der Waals surface area contributed by atoms with Gasteiger partial charge in [0.05, 0.1) is 18.6 Å². The Morgan fingerprint density at radius 3 is 2.46 bits per heavy atom. The lowest BCUT2D eigenvalue weighted by atomic mass is 10.0. The second kappa shape index (κ2) is 7.42. The fourth-order valence-corrected chi connectivity index (χ4v) is 2.43. The normalized spacial score (nSPS) is 10.3. The minimum absolute atomic E-state index is 0.0972. The average molecular weight is 320 g/mol. The van der Waals surface area contributed by atoms with E-state index in [9.17, 15) is 9.59 Å². The van der Waals surface area contributed by atoms with Gasteiger partial charge in [0.1, 0.15) is 11.5 Å². The third kappa shape index (κ3) is 3.60. The van der Waals surface area contributed by atoms with Gasteiger partial charge in [-0.05, 0) is 29.0 Å². The predicted octanol–water partition coefficient (Wildman–Crippen LogP) is 4.03. The Morgan fingerprint density at radius 2 is 1.67 bits per heavy atom. The summed E-state index contributed by atoms with van der Waals surface area (Å²) >= 11 is 0. The van der Waals surface area contributed by atoms with Crippen LogP contribution in [0.5, 0.6) is 11.5 Å². The second-order valence-corrected chi connectivity index (χ2v) is 5.20. The molecule has 0 unspecified atom stereocenters. The Balaban J connectivity index is 1.66. The van der Waals surface area contributed by atoms with Crippen molar-refractivity contribution in [3.63, 3.8) is 0 Å². The number of carbonyl (C=O) groups excluding carboxylic acids is 2. The van der Waals surface area contributed by atoms with Crippen LogP contribution in [-0.4, -0.2) is 18.9 Å². The summed E-state index contributed by atoms with van der Waals surface area (Å²) in [5.74, 6) is 0.530. The van der Waals surface area contributed by atoms with Crippen molar-refractivity contribution in [3.8, 4) is 11.5 Å². The Kier molecular flexibility index (Phi) is 4.87. The summed E-state index contributed by atoms with van der Waals surface area (Å²) in [4.78, 5) is 23.4. The molecule has 0 fully saturated rings. The molecular weight excluding hydrogens is 304 g/mol. The molecule has 3 rings (SSSR count). The third-order valence-corrected chi connectivity index (χ3v) is 3.59. The van der Waals surface area contributed by atoms with E-state index in [0.717, 1.165) is 10.8 Å². The van der Waals surface area contributed by atoms with Crippen LogP contribution in [-0.2, 0) is 4.79 Å². The molecule has 0 radical (unpaired) electrons. The summed E-state index contributed by atoms with van der Waals surface area (Å²) in [6.07, 6.45) is 0.811. The van der Waals surface area contributed by atoms with E-state index in [4.69, 9.17) is 9.47 Å². The second-order valence-electron chi connectivity index (χ2n) is 5.20. The van der Waals surface area contributed by atoms with Gasteiger partial charge < -0.3 is 9.47 Å². The van der Waals surface area contributed by atoms with Gasteiger partial charge in [-0.1, -0.05) is 48.5 Å². The van der Waals surface area contributed by atoms with Crippen LogP contribution in [0.4, 0.5) is 0 Å². The van der Waals surface area contributed by atoms with E-state index in [2.05, 4.69) is 0 Å². The molecule has 0 aliphatic rings. The highest BCUT2D eigenvalue weighted by molar-refractivity contribution is 6.01. The molecule has 0 aliphatic carbocycles. The van der Waals surface area contributed by atoms with Crippen LogP contribution in [0.1, 0.15) is 16.8 Å². The van der Waals surface area contributed by atoms with Gasteiger partial charge in [0.2, 0.25) is 0 Å². The largest absolute Gasteiger partial charge is 0.493 e.